The number of rotatable bonds is 5. The van der Waals surface area contributed by atoms with Gasteiger partial charge < -0.3 is 4.98 Å². The highest BCUT2D eigenvalue weighted by Gasteiger charge is 2.32. The molecule has 3 aromatic rings. The third kappa shape index (κ3) is 4.09. The molecule has 0 atom stereocenters. The Kier molecular flexibility index (Phi) is 5.61. The zero-order valence-corrected chi connectivity index (χ0v) is 19.7. The molecule has 0 radical (unpaired) electrons. The van der Waals surface area contributed by atoms with Gasteiger partial charge in [0.25, 0.3) is 10.0 Å². The van der Waals surface area contributed by atoms with Crippen LogP contribution < -0.4 is 5.69 Å². The van der Waals surface area contributed by atoms with Crippen LogP contribution in [0.25, 0.3) is 11.0 Å². The summed E-state index contributed by atoms with van der Waals surface area (Å²) in [6, 6.07) is 10.6. The number of imidazole rings is 1. The van der Waals surface area contributed by atoms with E-state index in [4.69, 9.17) is 0 Å². The molecule has 0 spiro atoms. The second-order valence-corrected chi connectivity index (χ2v) is 10.2. The van der Waals surface area contributed by atoms with Crippen molar-refractivity contribution in [2.75, 3.05) is 6.54 Å². The summed E-state index contributed by atoms with van der Waals surface area (Å²) in [7, 11) is -3.78. The highest BCUT2D eigenvalue weighted by Crippen LogP contribution is 2.30. The van der Waals surface area contributed by atoms with Crippen LogP contribution in [-0.2, 0) is 16.6 Å². The summed E-state index contributed by atoms with van der Waals surface area (Å²) >= 11 is 3.32. The van der Waals surface area contributed by atoms with Gasteiger partial charge in [-0.05, 0) is 48.7 Å². The number of nitrogens with zero attached hydrogens (tertiary/aromatic N) is 4. The molecule has 2 heterocycles. The number of amidine groups is 1. The Bertz CT molecular complexity index is 1390. The van der Waals surface area contributed by atoms with Crippen LogP contribution in [0.3, 0.4) is 0 Å². The average Bonchev–Trinajstić information content (AvgIpc) is 3.16. The van der Waals surface area contributed by atoms with E-state index in [-0.39, 0.29) is 16.5 Å². The number of hydrogen-bond donors (Lipinski definition) is 1. The number of aromatic amines is 1. The van der Waals surface area contributed by atoms with Crippen LogP contribution in [0, 0.1) is 5.92 Å². The van der Waals surface area contributed by atoms with E-state index in [0.717, 1.165) is 16.6 Å². The molecular formula is C21H22BrN5O3S. The lowest BCUT2D eigenvalue weighted by Gasteiger charge is -2.21. The SMILES string of the molecule is CCn1c(=O)[nH]c2ccc(/C=N/N(CC(C)C)C3=NS(=O)(=O)c4cc(Br)ccc43)cc21. The summed E-state index contributed by atoms with van der Waals surface area (Å²) in [5, 5.41) is 6.20. The molecule has 0 unspecified atom stereocenters. The normalized spacial score (nSPS) is 15.1. The van der Waals surface area contributed by atoms with Crippen LogP contribution in [0.1, 0.15) is 31.9 Å². The average molecular weight is 504 g/mol. The van der Waals surface area contributed by atoms with Crippen molar-refractivity contribution in [2.45, 2.75) is 32.2 Å². The van der Waals surface area contributed by atoms with Gasteiger partial charge in [-0.1, -0.05) is 35.8 Å². The Labute approximate surface area is 188 Å². The molecule has 162 valence electrons. The van der Waals surface area contributed by atoms with Gasteiger partial charge in [-0.3, -0.25) is 4.57 Å². The Morgan fingerprint density at radius 3 is 2.74 bits per heavy atom. The number of hydrogen-bond acceptors (Lipinski definition) is 5. The summed E-state index contributed by atoms with van der Waals surface area (Å²) in [5.74, 6) is 0.528. The van der Waals surface area contributed by atoms with Crippen molar-refractivity contribution < 1.29 is 8.42 Å². The number of fused-ring (bicyclic) bond motifs is 2. The molecule has 0 fully saturated rings. The second-order valence-electron chi connectivity index (χ2n) is 7.70. The minimum atomic E-state index is -3.78. The molecule has 0 bridgehead atoms. The molecule has 1 aliphatic heterocycles. The predicted octanol–water partition coefficient (Wildman–Crippen LogP) is 3.55. The number of benzene rings is 2. The molecule has 10 heteroatoms. The first kappa shape index (κ1) is 21.5. The number of nitrogens with one attached hydrogen (secondary N) is 1. The first-order chi connectivity index (χ1) is 14.7. The van der Waals surface area contributed by atoms with E-state index >= 15 is 0 Å². The molecule has 0 saturated carbocycles. The van der Waals surface area contributed by atoms with Crippen LogP contribution in [0.2, 0.25) is 0 Å². The van der Waals surface area contributed by atoms with Gasteiger partial charge >= 0.3 is 5.69 Å². The fraction of sp³-hybridized carbons (Fsp3) is 0.286. The van der Waals surface area contributed by atoms with Gasteiger partial charge in [-0.2, -0.15) is 13.5 Å². The molecule has 0 aliphatic carbocycles. The first-order valence-corrected chi connectivity index (χ1v) is 12.1. The molecule has 0 saturated heterocycles. The zero-order chi connectivity index (χ0) is 22.3. The summed E-state index contributed by atoms with van der Waals surface area (Å²) in [4.78, 5) is 15.0. The summed E-state index contributed by atoms with van der Waals surface area (Å²) < 4.78 is 31.5. The third-order valence-electron chi connectivity index (χ3n) is 4.91. The van der Waals surface area contributed by atoms with Gasteiger partial charge in [0.15, 0.2) is 5.84 Å². The minimum Gasteiger partial charge on any atom is -0.306 e. The van der Waals surface area contributed by atoms with Crippen molar-refractivity contribution in [2.24, 2.45) is 15.4 Å². The highest BCUT2D eigenvalue weighted by atomic mass is 79.9. The zero-order valence-electron chi connectivity index (χ0n) is 17.3. The van der Waals surface area contributed by atoms with Crippen molar-refractivity contribution in [1.82, 2.24) is 14.6 Å². The molecule has 1 N–H and O–H groups in total. The fourth-order valence-corrected chi connectivity index (χ4v) is 5.27. The van der Waals surface area contributed by atoms with E-state index in [1.165, 1.54) is 0 Å². The van der Waals surface area contributed by atoms with Crippen molar-refractivity contribution in [3.63, 3.8) is 0 Å². The van der Waals surface area contributed by atoms with Gasteiger partial charge in [0.2, 0.25) is 0 Å². The number of aryl methyl sites for hydroxylation is 1. The molecule has 2 aromatic carbocycles. The largest absolute Gasteiger partial charge is 0.326 e. The van der Waals surface area contributed by atoms with E-state index in [9.17, 15) is 13.2 Å². The van der Waals surface area contributed by atoms with Crippen molar-refractivity contribution >= 4 is 49.0 Å². The quantitative estimate of drug-likeness (QED) is 0.424. The minimum absolute atomic E-state index is 0.152. The molecular weight excluding hydrogens is 482 g/mol. The standard InChI is InChI=1S/C21H22BrN5O3S/c1-4-26-18-9-14(5-8-17(18)24-21(26)28)11-23-27(12-13(2)3)20-16-7-6-15(22)10-19(16)31(29,30)25-20/h5-11,13H,4,12H2,1-3H3,(H,24,28)/b23-11+. The fourth-order valence-electron chi connectivity index (χ4n) is 3.53. The lowest BCUT2D eigenvalue weighted by atomic mass is 10.1. The molecule has 1 aromatic heterocycles. The number of hydrazone groups is 1. The summed E-state index contributed by atoms with van der Waals surface area (Å²) in [5.41, 5.74) is 2.72. The van der Waals surface area contributed by atoms with Crippen molar-refractivity contribution in [3.05, 3.63) is 62.5 Å². The topological polar surface area (TPSA) is 99.9 Å². The van der Waals surface area contributed by atoms with Crippen molar-refractivity contribution in [1.29, 1.82) is 0 Å². The number of sulfonamides is 1. The maximum absolute atomic E-state index is 12.6. The molecule has 31 heavy (non-hydrogen) atoms. The van der Waals surface area contributed by atoms with Gasteiger partial charge in [-0.15, -0.1) is 4.40 Å². The Morgan fingerprint density at radius 1 is 1.26 bits per heavy atom. The van der Waals surface area contributed by atoms with Crippen LogP contribution in [0.5, 0.6) is 0 Å². The van der Waals surface area contributed by atoms with Crippen LogP contribution in [-0.4, -0.2) is 41.6 Å². The van der Waals surface area contributed by atoms with Crippen LogP contribution in [0.4, 0.5) is 0 Å². The number of H-pyrrole nitrogens is 1. The maximum atomic E-state index is 12.6. The number of halogens is 1. The van der Waals surface area contributed by atoms with Gasteiger partial charge in [0, 0.05) is 23.1 Å². The summed E-state index contributed by atoms with van der Waals surface area (Å²) in [6.07, 6.45) is 1.66. The van der Waals surface area contributed by atoms with Gasteiger partial charge in [0.1, 0.15) is 4.90 Å². The van der Waals surface area contributed by atoms with Crippen LogP contribution >= 0.6 is 15.9 Å². The van der Waals surface area contributed by atoms with E-state index in [1.54, 1.807) is 34.0 Å². The molecule has 0 amide bonds. The van der Waals surface area contributed by atoms with Gasteiger partial charge in [-0.25, -0.2) is 9.80 Å². The Balaban J connectivity index is 1.75. The first-order valence-electron chi connectivity index (χ1n) is 9.88. The predicted molar refractivity (Wildman–Crippen MR) is 125 cm³/mol. The molecule has 1 aliphatic rings. The lowest BCUT2D eigenvalue weighted by molar-refractivity contribution is 0.386. The van der Waals surface area contributed by atoms with E-state index in [2.05, 4.69) is 30.4 Å². The third-order valence-corrected chi connectivity index (χ3v) is 6.71. The highest BCUT2D eigenvalue weighted by molar-refractivity contribution is 9.10. The monoisotopic (exact) mass is 503 g/mol. The Morgan fingerprint density at radius 2 is 2.03 bits per heavy atom. The summed E-state index contributed by atoms with van der Waals surface area (Å²) in [6.45, 7) is 7.02. The van der Waals surface area contributed by atoms with Crippen molar-refractivity contribution in [3.8, 4) is 0 Å². The van der Waals surface area contributed by atoms with Crippen LogP contribution in [0.15, 0.2) is 60.1 Å². The van der Waals surface area contributed by atoms with E-state index < -0.39 is 10.0 Å². The van der Waals surface area contributed by atoms with E-state index in [0.29, 0.717) is 29.0 Å². The second kappa shape index (κ2) is 8.08. The Hall–Kier alpha value is -2.72. The molecule has 4 rings (SSSR count). The lowest BCUT2D eigenvalue weighted by Crippen LogP contribution is -2.29. The number of aromatic nitrogens is 2. The smallest absolute Gasteiger partial charge is 0.306 e. The molecule has 8 nitrogen and oxygen atoms in total. The maximum Gasteiger partial charge on any atom is 0.326 e. The van der Waals surface area contributed by atoms with E-state index in [1.807, 2.05) is 39.0 Å². The van der Waals surface area contributed by atoms with Gasteiger partial charge in [0.05, 0.1) is 17.2 Å².